The summed E-state index contributed by atoms with van der Waals surface area (Å²) in [5.74, 6) is -0.114. The summed E-state index contributed by atoms with van der Waals surface area (Å²) in [6.45, 7) is 3.24. The lowest BCUT2D eigenvalue weighted by atomic mass is 9.97. The number of benzene rings is 3. The Hall–Kier alpha value is -3.18. The molecule has 4 nitrogen and oxygen atoms in total. The molecule has 0 atom stereocenters. The van der Waals surface area contributed by atoms with Crippen LogP contribution in [0.3, 0.4) is 0 Å². The Morgan fingerprint density at radius 1 is 0.839 bits per heavy atom. The van der Waals surface area contributed by atoms with Crippen molar-refractivity contribution in [1.29, 1.82) is 0 Å². The molecule has 0 aliphatic carbocycles. The van der Waals surface area contributed by atoms with Crippen LogP contribution < -0.4 is 4.90 Å². The van der Waals surface area contributed by atoms with Crippen LogP contribution in [0.1, 0.15) is 17.2 Å². The maximum absolute atomic E-state index is 14.1. The summed E-state index contributed by atoms with van der Waals surface area (Å²) in [6, 6.07) is 27.0. The number of halogens is 1. The molecule has 0 spiro atoms. The lowest BCUT2D eigenvalue weighted by molar-refractivity contribution is -0.132. The summed E-state index contributed by atoms with van der Waals surface area (Å²) >= 11 is 0. The highest BCUT2D eigenvalue weighted by Gasteiger charge is 2.26. The van der Waals surface area contributed by atoms with Gasteiger partial charge in [-0.2, -0.15) is 0 Å². The van der Waals surface area contributed by atoms with Gasteiger partial charge in [0.15, 0.2) is 0 Å². The monoisotopic (exact) mass is 417 g/mol. The van der Waals surface area contributed by atoms with Gasteiger partial charge in [-0.1, -0.05) is 72.8 Å². The van der Waals surface area contributed by atoms with Crippen molar-refractivity contribution in [3.63, 3.8) is 0 Å². The Balaban J connectivity index is 1.42. The molecule has 1 fully saturated rings. The highest BCUT2D eigenvalue weighted by Crippen LogP contribution is 2.28. The van der Waals surface area contributed by atoms with Crippen LogP contribution in [0.4, 0.5) is 10.1 Å². The van der Waals surface area contributed by atoms with Gasteiger partial charge in [0.2, 0.25) is 5.91 Å². The predicted octanol–water partition coefficient (Wildman–Crippen LogP) is 4.20. The molecule has 0 saturated carbocycles. The molecule has 0 unspecified atom stereocenters. The van der Waals surface area contributed by atoms with Crippen LogP contribution in [0.5, 0.6) is 0 Å². The number of anilines is 1. The molecule has 31 heavy (non-hydrogen) atoms. The average molecular weight is 418 g/mol. The van der Waals surface area contributed by atoms with E-state index in [1.807, 2.05) is 60.5 Å². The van der Waals surface area contributed by atoms with Crippen LogP contribution in [-0.2, 0) is 4.79 Å². The van der Waals surface area contributed by atoms with Gasteiger partial charge in [0.1, 0.15) is 5.82 Å². The van der Waals surface area contributed by atoms with Crippen LogP contribution >= 0.6 is 0 Å². The molecule has 3 aromatic rings. The summed E-state index contributed by atoms with van der Waals surface area (Å²) in [7, 11) is 1.88. The second kappa shape index (κ2) is 9.75. The van der Waals surface area contributed by atoms with Crippen LogP contribution in [-0.4, -0.2) is 55.5 Å². The zero-order chi connectivity index (χ0) is 21.6. The molecule has 160 valence electrons. The first-order chi connectivity index (χ1) is 15.1. The second-order valence-corrected chi connectivity index (χ2v) is 7.94. The normalized spacial score (nSPS) is 14.6. The van der Waals surface area contributed by atoms with Gasteiger partial charge >= 0.3 is 0 Å². The smallest absolute Gasteiger partial charge is 0.237 e. The van der Waals surface area contributed by atoms with E-state index in [4.69, 9.17) is 0 Å². The number of rotatable bonds is 6. The number of hydrogen-bond donors (Lipinski definition) is 0. The zero-order valence-corrected chi connectivity index (χ0v) is 17.8. The van der Waals surface area contributed by atoms with E-state index in [2.05, 4.69) is 34.1 Å². The summed E-state index contributed by atoms with van der Waals surface area (Å²) in [5.41, 5.74) is 2.82. The topological polar surface area (TPSA) is 26.8 Å². The molecular weight excluding hydrogens is 389 g/mol. The molecule has 1 aliphatic rings. The molecule has 1 aliphatic heterocycles. The molecule has 0 bridgehead atoms. The number of hydrogen-bond acceptors (Lipinski definition) is 3. The van der Waals surface area contributed by atoms with Crippen LogP contribution in [0.15, 0.2) is 84.9 Å². The van der Waals surface area contributed by atoms with Gasteiger partial charge in [-0.25, -0.2) is 4.39 Å². The van der Waals surface area contributed by atoms with Gasteiger partial charge in [-0.3, -0.25) is 9.69 Å². The molecule has 1 heterocycles. The summed E-state index contributed by atoms with van der Waals surface area (Å²) in [6.07, 6.45) is 0. The summed E-state index contributed by atoms with van der Waals surface area (Å²) in [5, 5.41) is 0. The van der Waals surface area contributed by atoms with Gasteiger partial charge in [-0.05, 0) is 23.3 Å². The molecule has 3 aromatic carbocycles. The van der Waals surface area contributed by atoms with Gasteiger partial charge in [-0.15, -0.1) is 0 Å². The maximum Gasteiger partial charge on any atom is 0.237 e. The molecule has 1 amide bonds. The molecular formula is C26H28FN3O. The van der Waals surface area contributed by atoms with Crippen molar-refractivity contribution >= 4 is 11.6 Å². The second-order valence-electron chi connectivity index (χ2n) is 7.94. The van der Waals surface area contributed by atoms with Crippen molar-refractivity contribution in [2.45, 2.75) is 6.04 Å². The van der Waals surface area contributed by atoms with Crippen molar-refractivity contribution in [3.8, 4) is 0 Å². The third-order valence-corrected chi connectivity index (χ3v) is 5.94. The highest BCUT2D eigenvalue weighted by molar-refractivity contribution is 5.79. The largest absolute Gasteiger partial charge is 0.367 e. The Kier molecular flexibility index (Phi) is 6.63. The van der Waals surface area contributed by atoms with Gasteiger partial charge in [0.25, 0.3) is 0 Å². The minimum atomic E-state index is -0.194. The van der Waals surface area contributed by atoms with E-state index in [9.17, 15) is 9.18 Å². The molecule has 0 N–H and O–H groups in total. The summed E-state index contributed by atoms with van der Waals surface area (Å²) < 4.78 is 14.1. The quantitative estimate of drug-likeness (QED) is 0.602. The maximum atomic E-state index is 14.1. The van der Waals surface area contributed by atoms with Crippen molar-refractivity contribution < 1.29 is 9.18 Å². The Morgan fingerprint density at radius 2 is 1.35 bits per heavy atom. The third-order valence-electron chi connectivity index (χ3n) is 5.94. The number of carbonyl (C=O) groups is 1. The minimum Gasteiger partial charge on any atom is -0.367 e. The molecule has 4 rings (SSSR count). The fourth-order valence-electron chi connectivity index (χ4n) is 4.21. The van der Waals surface area contributed by atoms with Crippen LogP contribution in [0.2, 0.25) is 0 Å². The number of nitrogens with zero attached hydrogens (tertiary/aromatic N) is 3. The number of likely N-dealkylation sites (N-methyl/N-ethyl adjacent to an activating group) is 1. The van der Waals surface area contributed by atoms with E-state index in [0.29, 0.717) is 25.3 Å². The Labute approximate surface area is 183 Å². The molecule has 1 saturated heterocycles. The first-order valence-electron chi connectivity index (χ1n) is 10.7. The SMILES string of the molecule is CN(C(=O)CN1CCN(c2ccccc2F)CC1)C(c1ccccc1)c1ccccc1. The van der Waals surface area contributed by atoms with E-state index in [-0.39, 0.29) is 17.8 Å². The predicted molar refractivity (Wildman–Crippen MR) is 123 cm³/mol. The zero-order valence-electron chi connectivity index (χ0n) is 17.8. The van der Waals surface area contributed by atoms with E-state index in [1.165, 1.54) is 6.07 Å². The van der Waals surface area contributed by atoms with Crippen molar-refractivity contribution in [3.05, 3.63) is 102 Å². The summed E-state index contributed by atoms with van der Waals surface area (Å²) in [4.78, 5) is 19.3. The van der Waals surface area contributed by atoms with Crippen molar-refractivity contribution in [1.82, 2.24) is 9.80 Å². The van der Waals surface area contributed by atoms with E-state index in [0.717, 1.165) is 24.2 Å². The number of para-hydroxylation sites is 1. The average Bonchev–Trinajstić information content (AvgIpc) is 2.81. The fourth-order valence-corrected chi connectivity index (χ4v) is 4.21. The van der Waals surface area contributed by atoms with Crippen LogP contribution in [0.25, 0.3) is 0 Å². The Morgan fingerprint density at radius 3 is 1.90 bits per heavy atom. The molecule has 0 radical (unpaired) electrons. The van der Waals surface area contributed by atoms with Gasteiger partial charge in [0.05, 0.1) is 18.3 Å². The number of amides is 1. The van der Waals surface area contributed by atoms with Crippen LogP contribution in [0, 0.1) is 5.82 Å². The fraction of sp³-hybridized carbons (Fsp3) is 0.269. The first kappa shape index (κ1) is 21.1. The number of piperazine rings is 1. The van der Waals surface area contributed by atoms with Crippen molar-refractivity contribution in [2.24, 2.45) is 0 Å². The molecule has 5 heteroatoms. The lowest BCUT2D eigenvalue weighted by Crippen LogP contribution is -2.50. The van der Waals surface area contributed by atoms with Crippen molar-refractivity contribution in [2.75, 3.05) is 44.7 Å². The Bertz CT molecular complexity index is 948. The molecule has 0 aromatic heterocycles. The van der Waals surface area contributed by atoms with E-state index >= 15 is 0 Å². The van der Waals surface area contributed by atoms with Gasteiger partial charge < -0.3 is 9.80 Å². The minimum absolute atomic E-state index is 0.0806. The standard InChI is InChI=1S/C26H28FN3O/c1-28(26(21-10-4-2-5-11-21)22-12-6-3-7-13-22)25(31)20-29-16-18-30(19-17-29)24-15-9-8-14-23(24)27/h2-15,26H,16-20H2,1H3. The number of carbonyl (C=O) groups excluding carboxylic acids is 1. The first-order valence-corrected chi connectivity index (χ1v) is 10.7. The third kappa shape index (κ3) is 4.94. The van der Waals surface area contributed by atoms with Gasteiger partial charge in [0, 0.05) is 33.2 Å². The van der Waals surface area contributed by atoms with E-state index < -0.39 is 0 Å². The highest BCUT2D eigenvalue weighted by atomic mass is 19.1. The van der Waals surface area contributed by atoms with E-state index in [1.54, 1.807) is 6.07 Å². The lowest BCUT2D eigenvalue weighted by Gasteiger charge is -2.37.